The van der Waals surface area contributed by atoms with E-state index in [1.807, 2.05) is 11.9 Å². The number of carbonyl (C=O) groups is 1. The molecule has 0 radical (unpaired) electrons. The number of nitrogens with zero attached hydrogens (tertiary/aromatic N) is 2. The van der Waals surface area contributed by atoms with Gasteiger partial charge in [-0.1, -0.05) is 32.6 Å². The Morgan fingerprint density at radius 3 is 2.19 bits per heavy atom. The predicted octanol–water partition coefficient (Wildman–Crippen LogP) is 2.62. The maximum absolute atomic E-state index is 12.5. The predicted molar refractivity (Wildman–Crippen MR) is 89.3 cm³/mol. The molecular formula is C17H35N3O. The van der Waals surface area contributed by atoms with Crippen molar-refractivity contribution in [2.24, 2.45) is 5.73 Å². The van der Waals surface area contributed by atoms with Crippen molar-refractivity contribution >= 4 is 5.91 Å². The van der Waals surface area contributed by atoms with E-state index in [0.717, 1.165) is 25.8 Å². The molecule has 1 aliphatic rings. The molecule has 1 saturated carbocycles. The first-order chi connectivity index (χ1) is 9.96. The first-order valence-electron chi connectivity index (χ1n) is 8.67. The monoisotopic (exact) mass is 297 g/mol. The summed E-state index contributed by atoms with van der Waals surface area (Å²) >= 11 is 0. The van der Waals surface area contributed by atoms with Gasteiger partial charge in [0.25, 0.3) is 0 Å². The molecule has 4 nitrogen and oxygen atoms in total. The van der Waals surface area contributed by atoms with Gasteiger partial charge in [0, 0.05) is 25.2 Å². The van der Waals surface area contributed by atoms with Gasteiger partial charge in [-0.15, -0.1) is 0 Å². The van der Waals surface area contributed by atoms with Crippen molar-refractivity contribution < 1.29 is 4.79 Å². The summed E-state index contributed by atoms with van der Waals surface area (Å²) in [6, 6.07) is 0.254. The zero-order valence-corrected chi connectivity index (χ0v) is 14.5. The number of nitrogens with two attached hydrogens (primary N) is 1. The molecule has 0 aromatic carbocycles. The van der Waals surface area contributed by atoms with E-state index in [1.54, 1.807) is 0 Å². The molecule has 21 heavy (non-hydrogen) atoms. The third-order valence-electron chi connectivity index (χ3n) is 5.07. The summed E-state index contributed by atoms with van der Waals surface area (Å²) in [5.41, 5.74) is 6.23. The van der Waals surface area contributed by atoms with E-state index < -0.39 is 0 Å². The van der Waals surface area contributed by atoms with E-state index in [1.165, 1.54) is 25.7 Å². The van der Waals surface area contributed by atoms with Crippen molar-refractivity contribution in [2.75, 3.05) is 26.7 Å². The molecule has 1 fully saturated rings. The van der Waals surface area contributed by atoms with E-state index in [-0.39, 0.29) is 17.5 Å². The summed E-state index contributed by atoms with van der Waals surface area (Å²) in [5.74, 6) is 0.218. The van der Waals surface area contributed by atoms with Gasteiger partial charge in [-0.05, 0) is 39.7 Å². The number of amides is 1. The normalized spacial score (nSPS) is 18.8. The van der Waals surface area contributed by atoms with Crippen molar-refractivity contribution in [1.29, 1.82) is 0 Å². The van der Waals surface area contributed by atoms with Gasteiger partial charge in [0.15, 0.2) is 0 Å². The molecule has 0 unspecified atom stereocenters. The zero-order chi connectivity index (χ0) is 15.9. The molecule has 0 bridgehead atoms. The molecule has 0 aromatic rings. The van der Waals surface area contributed by atoms with Crippen LogP contribution >= 0.6 is 0 Å². The molecule has 1 amide bonds. The van der Waals surface area contributed by atoms with E-state index >= 15 is 0 Å². The maximum Gasteiger partial charge on any atom is 0.236 e. The fourth-order valence-corrected chi connectivity index (χ4v) is 3.35. The summed E-state index contributed by atoms with van der Waals surface area (Å²) in [4.78, 5) is 16.7. The Kier molecular flexibility index (Phi) is 7.67. The van der Waals surface area contributed by atoms with Gasteiger partial charge in [0.1, 0.15) is 0 Å². The highest BCUT2D eigenvalue weighted by atomic mass is 16.2. The Bertz CT molecular complexity index is 309. The molecule has 0 spiro atoms. The lowest BCUT2D eigenvalue weighted by molar-refractivity contribution is -0.134. The molecule has 0 atom stereocenters. The molecule has 1 aliphatic carbocycles. The molecule has 4 heteroatoms. The van der Waals surface area contributed by atoms with Crippen LogP contribution in [-0.2, 0) is 4.79 Å². The Hall–Kier alpha value is -0.610. The number of likely N-dealkylation sites (N-methyl/N-ethyl adjacent to an activating group) is 1. The van der Waals surface area contributed by atoms with Crippen LogP contribution in [0.15, 0.2) is 0 Å². The standard InChI is InChI=1S/C17H35N3O/c1-5-12-20(13-16(21)19(4)15(2)3)17(14-18)10-8-6-7-9-11-17/h15H,5-14,18H2,1-4H3. The fraction of sp³-hybridized carbons (Fsp3) is 0.941. The van der Waals surface area contributed by atoms with Crippen molar-refractivity contribution in [3.63, 3.8) is 0 Å². The highest BCUT2D eigenvalue weighted by molar-refractivity contribution is 5.78. The third-order valence-corrected chi connectivity index (χ3v) is 5.07. The van der Waals surface area contributed by atoms with Crippen LogP contribution in [0.1, 0.15) is 65.7 Å². The lowest BCUT2D eigenvalue weighted by atomic mass is 9.87. The van der Waals surface area contributed by atoms with Gasteiger partial charge in [-0.3, -0.25) is 9.69 Å². The van der Waals surface area contributed by atoms with Crippen LogP contribution < -0.4 is 5.73 Å². The van der Waals surface area contributed by atoms with Crippen molar-refractivity contribution in [3.05, 3.63) is 0 Å². The smallest absolute Gasteiger partial charge is 0.236 e. The number of hydrogen-bond acceptors (Lipinski definition) is 3. The van der Waals surface area contributed by atoms with Crippen molar-refractivity contribution in [1.82, 2.24) is 9.80 Å². The topological polar surface area (TPSA) is 49.6 Å². The molecular weight excluding hydrogens is 262 g/mol. The molecule has 124 valence electrons. The minimum atomic E-state index is 0.0417. The second-order valence-corrected chi connectivity index (χ2v) is 6.86. The molecule has 0 aromatic heterocycles. The van der Waals surface area contributed by atoms with E-state index in [2.05, 4.69) is 25.7 Å². The summed E-state index contributed by atoms with van der Waals surface area (Å²) < 4.78 is 0. The molecule has 1 rings (SSSR count). The Morgan fingerprint density at radius 1 is 1.19 bits per heavy atom. The largest absolute Gasteiger partial charge is 0.342 e. The summed E-state index contributed by atoms with van der Waals surface area (Å²) in [5, 5.41) is 0. The summed E-state index contributed by atoms with van der Waals surface area (Å²) in [6.45, 7) is 8.46. The van der Waals surface area contributed by atoms with Crippen molar-refractivity contribution in [2.45, 2.75) is 77.3 Å². The molecule has 0 saturated heterocycles. The first kappa shape index (κ1) is 18.4. The van der Waals surface area contributed by atoms with Crippen LogP contribution in [0.4, 0.5) is 0 Å². The number of carbonyl (C=O) groups excluding carboxylic acids is 1. The molecule has 2 N–H and O–H groups in total. The van der Waals surface area contributed by atoms with Gasteiger partial charge < -0.3 is 10.6 Å². The Morgan fingerprint density at radius 2 is 1.76 bits per heavy atom. The lowest BCUT2D eigenvalue weighted by Crippen LogP contribution is -2.57. The molecule has 0 heterocycles. The third kappa shape index (κ3) is 4.96. The summed E-state index contributed by atoms with van der Waals surface area (Å²) in [7, 11) is 1.90. The maximum atomic E-state index is 12.5. The van der Waals surface area contributed by atoms with Gasteiger partial charge in [0.2, 0.25) is 5.91 Å². The van der Waals surface area contributed by atoms with Crippen LogP contribution in [0.2, 0.25) is 0 Å². The van der Waals surface area contributed by atoms with Gasteiger partial charge in [-0.2, -0.15) is 0 Å². The highest BCUT2D eigenvalue weighted by Gasteiger charge is 2.36. The van der Waals surface area contributed by atoms with Crippen LogP contribution in [0.5, 0.6) is 0 Å². The minimum absolute atomic E-state index is 0.0417. The number of rotatable bonds is 7. The molecule has 0 aliphatic heterocycles. The SMILES string of the molecule is CCCN(CC(=O)N(C)C(C)C)C1(CN)CCCCCC1. The Labute approximate surface area is 131 Å². The average molecular weight is 297 g/mol. The zero-order valence-electron chi connectivity index (χ0n) is 14.5. The second kappa shape index (κ2) is 8.74. The number of hydrogen-bond donors (Lipinski definition) is 1. The van der Waals surface area contributed by atoms with E-state index in [9.17, 15) is 4.79 Å². The van der Waals surface area contributed by atoms with Crippen LogP contribution in [0.3, 0.4) is 0 Å². The first-order valence-corrected chi connectivity index (χ1v) is 8.67. The van der Waals surface area contributed by atoms with Crippen LogP contribution in [0, 0.1) is 0 Å². The minimum Gasteiger partial charge on any atom is -0.342 e. The highest BCUT2D eigenvalue weighted by Crippen LogP contribution is 2.32. The van der Waals surface area contributed by atoms with Gasteiger partial charge in [-0.25, -0.2) is 0 Å². The summed E-state index contributed by atoms with van der Waals surface area (Å²) in [6.07, 6.45) is 8.45. The fourth-order valence-electron chi connectivity index (χ4n) is 3.35. The quantitative estimate of drug-likeness (QED) is 0.735. The van der Waals surface area contributed by atoms with Gasteiger partial charge >= 0.3 is 0 Å². The van der Waals surface area contributed by atoms with Crippen molar-refractivity contribution in [3.8, 4) is 0 Å². The van der Waals surface area contributed by atoms with Crippen LogP contribution in [0.25, 0.3) is 0 Å². The second-order valence-electron chi connectivity index (χ2n) is 6.86. The van der Waals surface area contributed by atoms with E-state index in [4.69, 9.17) is 5.73 Å². The van der Waals surface area contributed by atoms with Crippen LogP contribution in [-0.4, -0.2) is 54.0 Å². The lowest BCUT2D eigenvalue weighted by Gasteiger charge is -2.43. The average Bonchev–Trinajstić information content (AvgIpc) is 2.72. The Balaban J connectivity index is 2.84. The van der Waals surface area contributed by atoms with E-state index in [0.29, 0.717) is 13.1 Å². The van der Waals surface area contributed by atoms with Gasteiger partial charge in [0.05, 0.1) is 6.54 Å².